The van der Waals surface area contributed by atoms with E-state index >= 15 is 0 Å². The molecule has 1 amide bonds. The summed E-state index contributed by atoms with van der Waals surface area (Å²) in [5.74, 6) is 1.24. The van der Waals surface area contributed by atoms with Gasteiger partial charge in [-0.3, -0.25) is 4.79 Å². The van der Waals surface area contributed by atoms with E-state index in [-0.39, 0.29) is 12.5 Å². The van der Waals surface area contributed by atoms with Crippen LogP contribution in [0.1, 0.15) is 20.3 Å². The number of hydrogen-bond donors (Lipinski definition) is 2. The van der Waals surface area contributed by atoms with Crippen molar-refractivity contribution in [2.75, 3.05) is 45.2 Å². The summed E-state index contributed by atoms with van der Waals surface area (Å²) in [6.45, 7) is 7.26. The highest BCUT2D eigenvalue weighted by Gasteiger charge is 2.23. The molecule has 0 saturated carbocycles. The quantitative estimate of drug-likeness (QED) is 0.607. The van der Waals surface area contributed by atoms with E-state index in [9.17, 15) is 4.79 Å². The first-order valence-electron chi connectivity index (χ1n) is 9.00. The van der Waals surface area contributed by atoms with Crippen LogP contribution in [-0.2, 0) is 4.79 Å². The van der Waals surface area contributed by atoms with Crippen LogP contribution in [0.3, 0.4) is 0 Å². The van der Waals surface area contributed by atoms with Gasteiger partial charge in [0.25, 0.3) is 0 Å². The van der Waals surface area contributed by atoms with E-state index in [1.54, 1.807) is 19.0 Å². The monoisotopic (exact) mass is 345 g/mol. The predicted octanol–water partition coefficient (Wildman–Crippen LogP) is 1.54. The van der Waals surface area contributed by atoms with Crippen molar-refractivity contribution in [3.63, 3.8) is 0 Å². The van der Waals surface area contributed by atoms with Crippen molar-refractivity contribution in [1.82, 2.24) is 15.5 Å². The first kappa shape index (κ1) is 19.1. The lowest BCUT2D eigenvalue weighted by Crippen LogP contribution is -2.46. The molecule has 1 saturated heterocycles. The van der Waals surface area contributed by atoms with Crippen LogP contribution in [0.4, 0.5) is 5.69 Å². The fraction of sp³-hybridized carbons (Fsp3) is 0.579. The van der Waals surface area contributed by atoms with Gasteiger partial charge in [-0.15, -0.1) is 0 Å². The van der Waals surface area contributed by atoms with Gasteiger partial charge in [-0.2, -0.15) is 0 Å². The number of carbonyl (C=O) groups excluding carboxylic acids is 1. The van der Waals surface area contributed by atoms with Gasteiger partial charge in [0.1, 0.15) is 6.54 Å². The molecule has 0 spiro atoms. The third-order valence-corrected chi connectivity index (χ3v) is 4.20. The lowest BCUT2D eigenvalue weighted by Gasteiger charge is -2.21. The number of anilines is 1. The molecule has 0 bridgehead atoms. The number of aliphatic imine (C=N–C) groups is 1. The fourth-order valence-electron chi connectivity index (χ4n) is 2.69. The van der Waals surface area contributed by atoms with Crippen molar-refractivity contribution < 1.29 is 4.79 Å². The maximum atomic E-state index is 11.8. The summed E-state index contributed by atoms with van der Waals surface area (Å²) in [6, 6.07) is 10.8. The van der Waals surface area contributed by atoms with Crippen LogP contribution in [0.5, 0.6) is 0 Å². The molecule has 2 rings (SSSR count). The molecule has 1 aliphatic heterocycles. The number of rotatable bonds is 6. The smallest absolute Gasteiger partial charge is 0.243 e. The first-order valence-corrected chi connectivity index (χ1v) is 9.00. The first-order chi connectivity index (χ1) is 12.0. The summed E-state index contributed by atoms with van der Waals surface area (Å²) >= 11 is 0. The normalized spacial score (nSPS) is 17.7. The summed E-state index contributed by atoms with van der Waals surface area (Å²) in [5, 5.41) is 6.84. The second kappa shape index (κ2) is 9.30. The number of benzene rings is 1. The number of nitrogens with one attached hydrogen (secondary N) is 2. The van der Waals surface area contributed by atoms with E-state index in [0.717, 1.165) is 32.0 Å². The topological polar surface area (TPSA) is 60.0 Å². The molecular formula is C19H31N5O. The number of guanidine groups is 1. The molecule has 1 unspecified atom stereocenters. The third-order valence-electron chi connectivity index (χ3n) is 4.20. The number of para-hydroxylation sites is 1. The number of carbonyl (C=O) groups is 1. The SMILES string of the molecule is CC(C)CNC(=NCC(=O)N(C)C)NC1CCN(c2ccccc2)C1. The highest BCUT2D eigenvalue weighted by Crippen LogP contribution is 2.19. The van der Waals surface area contributed by atoms with Gasteiger partial charge in [0, 0.05) is 45.5 Å². The van der Waals surface area contributed by atoms with Crippen molar-refractivity contribution in [3.05, 3.63) is 30.3 Å². The van der Waals surface area contributed by atoms with E-state index in [0.29, 0.717) is 12.0 Å². The molecule has 6 nitrogen and oxygen atoms in total. The van der Waals surface area contributed by atoms with Crippen molar-refractivity contribution in [1.29, 1.82) is 0 Å². The molecule has 1 aromatic carbocycles. The number of likely N-dealkylation sites (N-methyl/N-ethyl adjacent to an activating group) is 1. The van der Waals surface area contributed by atoms with Gasteiger partial charge in [0.05, 0.1) is 0 Å². The average Bonchev–Trinajstić information content (AvgIpc) is 3.06. The highest BCUT2D eigenvalue weighted by atomic mass is 16.2. The Bertz CT molecular complexity index is 570. The summed E-state index contributed by atoms with van der Waals surface area (Å²) in [7, 11) is 3.50. The Kier molecular flexibility index (Phi) is 7.10. The molecule has 0 aromatic heterocycles. The summed E-state index contributed by atoms with van der Waals surface area (Å²) in [4.78, 5) is 20.2. The van der Waals surface area contributed by atoms with Gasteiger partial charge in [-0.05, 0) is 24.5 Å². The molecule has 0 radical (unpaired) electrons. The van der Waals surface area contributed by atoms with Crippen LogP contribution in [0, 0.1) is 5.92 Å². The van der Waals surface area contributed by atoms with Crippen molar-refractivity contribution in [2.24, 2.45) is 10.9 Å². The van der Waals surface area contributed by atoms with Gasteiger partial charge in [0.2, 0.25) is 5.91 Å². The van der Waals surface area contributed by atoms with Gasteiger partial charge in [-0.1, -0.05) is 32.0 Å². The zero-order valence-electron chi connectivity index (χ0n) is 15.8. The average molecular weight is 345 g/mol. The summed E-state index contributed by atoms with van der Waals surface area (Å²) < 4.78 is 0. The number of amides is 1. The lowest BCUT2D eigenvalue weighted by molar-refractivity contribution is -0.127. The second-order valence-electron chi connectivity index (χ2n) is 7.14. The van der Waals surface area contributed by atoms with E-state index in [2.05, 4.69) is 58.6 Å². The minimum atomic E-state index is 0.00276. The zero-order valence-corrected chi connectivity index (χ0v) is 15.8. The van der Waals surface area contributed by atoms with Gasteiger partial charge < -0.3 is 20.4 Å². The highest BCUT2D eigenvalue weighted by molar-refractivity contribution is 5.85. The molecule has 2 N–H and O–H groups in total. The van der Waals surface area contributed by atoms with E-state index < -0.39 is 0 Å². The molecule has 138 valence electrons. The maximum Gasteiger partial charge on any atom is 0.243 e. The van der Waals surface area contributed by atoms with Crippen LogP contribution in [0.25, 0.3) is 0 Å². The van der Waals surface area contributed by atoms with Crippen molar-refractivity contribution in [2.45, 2.75) is 26.3 Å². The molecule has 1 aliphatic rings. The molecule has 6 heteroatoms. The Morgan fingerprint density at radius 1 is 1.32 bits per heavy atom. The molecule has 1 fully saturated rings. The Morgan fingerprint density at radius 3 is 2.68 bits per heavy atom. The maximum absolute atomic E-state index is 11.8. The standard InChI is InChI=1S/C19H31N5O/c1-15(2)12-20-19(21-13-18(25)23(3)4)22-16-10-11-24(14-16)17-8-6-5-7-9-17/h5-9,15-16H,10-14H2,1-4H3,(H2,20,21,22). The molecule has 1 aromatic rings. The van der Waals surface area contributed by atoms with E-state index in [1.807, 2.05) is 6.07 Å². The van der Waals surface area contributed by atoms with Crippen LogP contribution in [0.2, 0.25) is 0 Å². The molecular weight excluding hydrogens is 314 g/mol. The van der Waals surface area contributed by atoms with Crippen LogP contribution >= 0.6 is 0 Å². The van der Waals surface area contributed by atoms with Crippen LogP contribution in [0.15, 0.2) is 35.3 Å². The second-order valence-corrected chi connectivity index (χ2v) is 7.14. The van der Waals surface area contributed by atoms with Gasteiger partial charge in [0.15, 0.2) is 5.96 Å². The Hall–Kier alpha value is -2.24. The third kappa shape index (κ3) is 6.29. The molecule has 1 heterocycles. The predicted molar refractivity (Wildman–Crippen MR) is 104 cm³/mol. The summed E-state index contributed by atoms with van der Waals surface area (Å²) in [5.41, 5.74) is 1.25. The van der Waals surface area contributed by atoms with Crippen LogP contribution in [-0.4, -0.2) is 63.1 Å². The number of nitrogens with zero attached hydrogens (tertiary/aromatic N) is 3. The number of hydrogen-bond acceptors (Lipinski definition) is 3. The minimum absolute atomic E-state index is 0.00276. The van der Waals surface area contributed by atoms with Gasteiger partial charge >= 0.3 is 0 Å². The Balaban J connectivity index is 1.94. The summed E-state index contributed by atoms with van der Waals surface area (Å²) in [6.07, 6.45) is 1.05. The molecule has 25 heavy (non-hydrogen) atoms. The molecule has 1 atom stereocenters. The minimum Gasteiger partial charge on any atom is -0.369 e. The Morgan fingerprint density at radius 2 is 2.04 bits per heavy atom. The van der Waals surface area contributed by atoms with Crippen molar-refractivity contribution >= 4 is 17.6 Å². The lowest BCUT2D eigenvalue weighted by atomic mass is 10.2. The largest absolute Gasteiger partial charge is 0.369 e. The van der Waals surface area contributed by atoms with Gasteiger partial charge in [-0.25, -0.2) is 4.99 Å². The zero-order chi connectivity index (χ0) is 18.2. The van der Waals surface area contributed by atoms with Crippen molar-refractivity contribution in [3.8, 4) is 0 Å². The van der Waals surface area contributed by atoms with Crippen LogP contribution < -0.4 is 15.5 Å². The molecule has 0 aliphatic carbocycles. The fourth-order valence-corrected chi connectivity index (χ4v) is 2.69. The van der Waals surface area contributed by atoms with E-state index in [4.69, 9.17) is 0 Å². The van der Waals surface area contributed by atoms with E-state index in [1.165, 1.54) is 5.69 Å². The Labute approximate surface area is 151 Å².